The number of methoxy groups -OCH3 is 1. The molecule has 0 aromatic carbocycles. The molecule has 1 aliphatic rings. The van der Waals surface area contributed by atoms with Gasteiger partial charge in [-0.15, -0.1) is 0 Å². The molecule has 0 saturated heterocycles. The van der Waals surface area contributed by atoms with E-state index in [0.717, 1.165) is 13.0 Å². The largest absolute Gasteiger partial charge is 0.382 e. The van der Waals surface area contributed by atoms with Crippen molar-refractivity contribution in [3.05, 3.63) is 0 Å². The lowest BCUT2D eigenvalue weighted by Gasteiger charge is -2.41. The Balaban J connectivity index is 2.20. The number of unbranched alkanes of at least 4 members (excludes halogenated alkanes) is 1. The van der Waals surface area contributed by atoms with Gasteiger partial charge in [-0.05, 0) is 18.8 Å². The lowest BCUT2D eigenvalue weighted by atomic mass is 9.91. The normalized spacial score (nSPS) is 28.1. The number of hydrogen-bond donors (Lipinski definition) is 0. The zero-order valence-corrected chi connectivity index (χ0v) is 14.2. The highest BCUT2D eigenvalue weighted by atomic mass is 79.9. The Hall–Kier alpha value is 0.360. The minimum Gasteiger partial charge on any atom is -0.382 e. The maximum absolute atomic E-state index is 6.05. The van der Waals surface area contributed by atoms with Gasteiger partial charge in [-0.3, -0.25) is 0 Å². The second-order valence-electron chi connectivity index (χ2n) is 5.37. The molecule has 4 atom stereocenters. The van der Waals surface area contributed by atoms with E-state index in [9.17, 15) is 0 Å². The van der Waals surface area contributed by atoms with Gasteiger partial charge in [-0.1, -0.05) is 49.0 Å². The van der Waals surface area contributed by atoms with Gasteiger partial charge in [0.25, 0.3) is 0 Å². The van der Waals surface area contributed by atoms with Crippen LogP contribution in [0, 0.1) is 5.92 Å². The number of halogens is 1. The third kappa shape index (κ3) is 6.11. The molecular weight excluding hydrogens is 308 g/mol. The predicted octanol–water partition coefficient (Wildman–Crippen LogP) is 3.79. The number of alkyl halides is 1. The summed E-state index contributed by atoms with van der Waals surface area (Å²) in [5.41, 5.74) is 0. The van der Waals surface area contributed by atoms with E-state index in [2.05, 4.69) is 29.8 Å². The minimum absolute atomic E-state index is 0.193. The van der Waals surface area contributed by atoms with Crippen LogP contribution in [0.5, 0.6) is 0 Å². The van der Waals surface area contributed by atoms with E-state index in [4.69, 9.17) is 14.2 Å². The van der Waals surface area contributed by atoms with Crippen LogP contribution in [0.2, 0.25) is 0 Å². The van der Waals surface area contributed by atoms with Crippen molar-refractivity contribution >= 4 is 15.9 Å². The van der Waals surface area contributed by atoms with Gasteiger partial charge < -0.3 is 14.2 Å². The molecule has 0 amide bonds. The summed E-state index contributed by atoms with van der Waals surface area (Å²) in [6, 6.07) is 0. The molecule has 0 heterocycles. The highest BCUT2D eigenvalue weighted by molar-refractivity contribution is 9.09. The average Bonchev–Trinajstić information content (AvgIpc) is 2.42. The van der Waals surface area contributed by atoms with Gasteiger partial charge in [0.05, 0.1) is 25.4 Å². The van der Waals surface area contributed by atoms with Crippen molar-refractivity contribution in [2.45, 2.75) is 63.0 Å². The van der Waals surface area contributed by atoms with Gasteiger partial charge in [0.1, 0.15) is 0 Å². The first-order valence-electron chi connectivity index (χ1n) is 7.59. The first kappa shape index (κ1) is 17.4. The second-order valence-corrected chi connectivity index (χ2v) is 6.54. The van der Waals surface area contributed by atoms with Gasteiger partial charge in [0.2, 0.25) is 0 Å². The number of ether oxygens (including phenoxy) is 3. The zero-order chi connectivity index (χ0) is 14.1. The van der Waals surface area contributed by atoms with Crippen LogP contribution in [0.4, 0.5) is 0 Å². The molecule has 0 aromatic rings. The molecular formula is C15H29BrO3. The first-order valence-corrected chi connectivity index (χ1v) is 8.50. The lowest BCUT2D eigenvalue weighted by Crippen LogP contribution is -2.51. The van der Waals surface area contributed by atoms with Crippen LogP contribution < -0.4 is 0 Å². The van der Waals surface area contributed by atoms with Crippen molar-refractivity contribution < 1.29 is 14.2 Å². The van der Waals surface area contributed by atoms with Crippen LogP contribution in [0.1, 0.15) is 46.0 Å². The van der Waals surface area contributed by atoms with Gasteiger partial charge in [0.15, 0.2) is 0 Å². The minimum atomic E-state index is 0.193. The molecule has 3 nitrogen and oxygen atoms in total. The molecule has 0 aliphatic heterocycles. The molecule has 1 saturated carbocycles. The molecule has 4 unspecified atom stereocenters. The van der Waals surface area contributed by atoms with E-state index in [0.29, 0.717) is 24.0 Å². The molecule has 0 spiro atoms. The summed E-state index contributed by atoms with van der Waals surface area (Å²) in [4.78, 5) is 0.435. The Morgan fingerprint density at radius 3 is 2.58 bits per heavy atom. The van der Waals surface area contributed by atoms with E-state index in [-0.39, 0.29) is 12.2 Å². The first-order chi connectivity index (χ1) is 9.22. The van der Waals surface area contributed by atoms with Gasteiger partial charge >= 0.3 is 0 Å². The molecule has 0 aromatic heterocycles. The summed E-state index contributed by atoms with van der Waals surface area (Å²) in [5.74, 6) is 0.703. The van der Waals surface area contributed by atoms with E-state index < -0.39 is 0 Å². The molecule has 4 heteroatoms. The Morgan fingerprint density at radius 1 is 1.21 bits per heavy atom. The van der Waals surface area contributed by atoms with Crippen molar-refractivity contribution in [1.82, 2.24) is 0 Å². The van der Waals surface area contributed by atoms with Crippen LogP contribution in [0.15, 0.2) is 0 Å². The quantitative estimate of drug-likeness (QED) is 0.424. The van der Waals surface area contributed by atoms with Gasteiger partial charge in [0, 0.05) is 18.5 Å². The Morgan fingerprint density at radius 2 is 2.00 bits per heavy atom. The maximum atomic E-state index is 6.05. The van der Waals surface area contributed by atoms with Gasteiger partial charge in [-0.2, -0.15) is 0 Å². The van der Waals surface area contributed by atoms with E-state index >= 15 is 0 Å². The molecule has 114 valence electrons. The summed E-state index contributed by atoms with van der Waals surface area (Å²) in [6.45, 7) is 6.68. The van der Waals surface area contributed by atoms with Crippen molar-refractivity contribution in [3.63, 3.8) is 0 Å². The number of hydrogen-bond acceptors (Lipinski definition) is 3. The molecule has 1 fully saturated rings. The van der Waals surface area contributed by atoms with Crippen LogP contribution in [0.3, 0.4) is 0 Å². The highest BCUT2D eigenvalue weighted by Crippen LogP contribution is 2.33. The molecule has 0 radical (unpaired) electrons. The standard InChI is InChI=1S/C15H29BrO3/c1-4-6-7-12(5-2)11-19-14-10-13(16)15(14)18-9-8-17-3/h12-15H,4-11H2,1-3H3. The fourth-order valence-corrected chi connectivity index (χ4v) is 3.19. The summed E-state index contributed by atoms with van der Waals surface area (Å²) in [6.07, 6.45) is 6.58. The summed E-state index contributed by atoms with van der Waals surface area (Å²) < 4.78 is 16.8. The van der Waals surface area contributed by atoms with Crippen molar-refractivity contribution in [2.75, 3.05) is 26.9 Å². The molecule has 19 heavy (non-hydrogen) atoms. The lowest BCUT2D eigenvalue weighted by molar-refractivity contribution is -0.133. The third-order valence-electron chi connectivity index (χ3n) is 3.87. The zero-order valence-electron chi connectivity index (χ0n) is 12.6. The van der Waals surface area contributed by atoms with Crippen LogP contribution in [-0.2, 0) is 14.2 Å². The van der Waals surface area contributed by atoms with Gasteiger partial charge in [-0.25, -0.2) is 0 Å². The van der Waals surface area contributed by atoms with Crippen molar-refractivity contribution in [1.29, 1.82) is 0 Å². The molecule has 1 aliphatic carbocycles. The smallest absolute Gasteiger partial charge is 0.0963 e. The second kappa shape index (κ2) is 10.1. The summed E-state index contributed by atoms with van der Waals surface area (Å²) in [5, 5.41) is 0. The SMILES string of the molecule is CCCCC(CC)COC1CC(Br)C1OCCOC. The topological polar surface area (TPSA) is 27.7 Å². The summed E-state index contributed by atoms with van der Waals surface area (Å²) >= 11 is 3.64. The Labute approximate surface area is 126 Å². The fraction of sp³-hybridized carbons (Fsp3) is 1.00. The molecule has 0 N–H and O–H groups in total. The fourth-order valence-electron chi connectivity index (χ4n) is 2.33. The van der Waals surface area contributed by atoms with E-state index in [1.807, 2.05) is 0 Å². The number of rotatable bonds is 11. The predicted molar refractivity (Wildman–Crippen MR) is 82.0 cm³/mol. The third-order valence-corrected chi connectivity index (χ3v) is 4.76. The van der Waals surface area contributed by atoms with E-state index in [1.54, 1.807) is 7.11 Å². The monoisotopic (exact) mass is 336 g/mol. The molecule has 1 rings (SSSR count). The van der Waals surface area contributed by atoms with Crippen molar-refractivity contribution in [3.8, 4) is 0 Å². The van der Waals surface area contributed by atoms with Crippen LogP contribution in [-0.4, -0.2) is 44.0 Å². The highest BCUT2D eigenvalue weighted by Gasteiger charge is 2.41. The van der Waals surface area contributed by atoms with E-state index in [1.165, 1.54) is 25.7 Å². The maximum Gasteiger partial charge on any atom is 0.0963 e. The molecule has 0 bridgehead atoms. The average molecular weight is 337 g/mol. The van der Waals surface area contributed by atoms with Crippen LogP contribution in [0.25, 0.3) is 0 Å². The Kier molecular flexibility index (Phi) is 9.29. The van der Waals surface area contributed by atoms with Crippen LogP contribution >= 0.6 is 15.9 Å². The Bertz CT molecular complexity index is 225. The van der Waals surface area contributed by atoms with Crippen molar-refractivity contribution in [2.24, 2.45) is 5.92 Å². The summed E-state index contributed by atoms with van der Waals surface area (Å²) in [7, 11) is 1.70.